The molecule has 2 aliphatic heterocycles. The molecular weight excluding hydrogens is 380 g/mol. The number of alkyl halides is 2. The van der Waals surface area contributed by atoms with E-state index in [0.29, 0.717) is 32.7 Å². The van der Waals surface area contributed by atoms with Crippen molar-refractivity contribution in [3.63, 3.8) is 0 Å². The van der Waals surface area contributed by atoms with Crippen LogP contribution < -0.4 is 9.64 Å². The van der Waals surface area contributed by atoms with Crippen LogP contribution in [-0.2, 0) is 6.42 Å². The fourth-order valence-corrected chi connectivity index (χ4v) is 3.82. The minimum Gasteiger partial charge on any atom is -0.434 e. The number of piperazine rings is 1. The molecule has 1 fully saturated rings. The molecule has 29 heavy (non-hydrogen) atoms. The van der Waals surface area contributed by atoms with Gasteiger partial charge in [-0.2, -0.15) is 8.78 Å². The summed E-state index contributed by atoms with van der Waals surface area (Å²) >= 11 is 0. The van der Waals surface area contributed by atoms with Gasteiger partial charge in [-0.25, -0.2) is 4.79 Å². The highest BCUT2D eigenvalue weighted by atomic mass is 19.3. The molecule has 8 heteroatoms. The number of fused-ring (bicyclic) bond motifs is 1. The number of hydrogen-bond acceptors (Lipinski definition) is 3. The Bertz CT molecular complexity index is 914. The molecule has 0 bridgehead atoms. The highest BCUT2D eigenvalue weighted by Crippen LogP contribution is 2.29. The summed E-state index contributed by atoms with van der Waals surface area (Å²) in [5, 5.41) is 0. The molecule has 0 unspecified atom stereocenters. The summed E-state index contributed by atoms with van der Waals surface area (Å²) in [5.41, 5.74) is 2.19. The van der Waals surface area contributed by atoms with E-state index in [2.05, 4.69) is 4.74 Å². The van der Waals surface area contributed by atoms with E-state index in [0.717, 1.165) is 17.7 Å². The summed E-state index contributed by atoms with van der Waals surface area (Å²) in [6.07, 6.45) is 0.835. The molecule has 3 amide bonds. The van der Waals surface area contributed by atoms with Crippen LogP contribution in [0.25, 0.3) is 0 Å². The monoisotopic (exact) mass is 401 g/mol. The fraction of sp³-hybridized carbons (Fsp3) is 0.333. The van der Waals surface area contributed by atoms with E-state index in [1.54, 1.807) is 26.8 Å². The maximum Gasteiger partial charge on any atom is 0.387 e. The number of carbonyl (C=O) groups excluding carboxylic acids is 2. The van der Waals surface area contributed by atoms with Gasteiger partial charge in [0.2, 0.25) is 0 Å². The Morgan fingerprint density at radius 1 is 0.862 bits per heavy atom. The number of hydrogen-bond donors (Lipinski definition) is 0. The van der Waals surface area contributed by atoms with E-state index in [4.69, 9.17) is 0 Å². The van der Waals surface area contributed by atoms with Crippen LogP contribution in [0.15, 0.2) is 48.5 Å². The minimum atomic E-state index is -3.00. The lowest BCUT2D eigenvalue weighted by atomic mass is 10.1. The quantitative estimate of drug-likeness (QED) is 0.794. The van der Waals surface area contributed by atoms with Gasteiger partial charge in [-0.15, -0.1) is 0 Å². The Morgan fingerprint density at radius 3 is 2.28 bits per heavy atom. The number of rotatable bonds is 3. The summed E-state index contributed by atoms with van der Waals surface area (Å²) < 4.78 is 29.7. The molecule has 2 aromatic rings. The molecular formula is C21H21F2N3O3. The third-order valence-corrected chi connectivity index (χ3v) is 5.29. The first-order chi connectivity index (χ1) is 14.0. The molecule has 0 spiro atoms. The van der Waals surface area contributed by atoms with Crippen molar-refractivity contribution in [2.75, 3.05) is 37.6 Å². The first kappa shape index (κ1) is 19.2. The van der Waals surface area contributed by atoms with E-state index in [1.165, 1.54) is 12.1 Å². The number of ether oxygens (including phenoxy) is 1. The molecule has 2 heterocycles. The average Bonchev–Trinajstić information content (AvgIpc) is 3.17. The number of urea groups is 1. The molecule has 0 N–H and O–H groups in total. The van der Waals surface area contributed by atoms with Gasteiger partial charge in [0, 0.05) is 38.4 Å². The maximum atomic E-state index is 12.9. The zero-order chi connectivity index (χ0) is 20.4. The number of amides is 3. The first-order valence-electron chi connectivity index (χ1n) is 9.52. The fourth-order valence-electron chi connectivity index (χ4n) is 3.82. The van der Waals surface area contributed by atoms with Crippen LogP contribution in [0.1, 0.15) is 15.9 Å². The van der Waals surface area contributed by atoms with Crippen molar-refractivity contribution in [1.82, 2.24) is 9.80 Å². The molecule has 0 radical (unpaired) electrons. The number of benzene rings is 2. The van der Waals surface area contributed by atoms with Crippen molar-refractivity contribution in [3.05, 3.63) is 59.7 Å². The van der Waals surface area contributed by atoms with Crippen molar-refractivity contribution in [3.8, 4) is 5.75 Å². The molecule has 0 atom stereocenters. The highest BCUT2D eigenvalue weighted by Gasteiger charge is 2.32. The van der Waals surface area contributed by atoms with Crippen LogP contribution in [0.4, 0.5) is 19.3 Å². The summed E-state index contributed by atoms with van der Waals surface area (Å²) in [5.74, 6) is -0.514. The second-order valence-electron chi connectivity index (χ2n) is 6.97. The maximum absolute atomic E-state index is 12.9. The van der Waals surface area contributed by atoms with Gasteiger partial charge in [0.15, 0.2) is 0 Å². The van der Waals surface area contributed by atoms with Crippen molar-refractivity contribution in [2.45, 2.75) is 13.0 Å². The highest BCUT2D eigenvalue weighted by molar-refractivity contribution is 5.97. The van der Waals surface area contributed by atoms with E-state index >= 15 is 0 Å². The average molecular weight is 401 g/mol. The lowest BCUT2D eigenvalue weighted by Crippen LogP contribution is -2.54. The Balaban J connectivity index is 1.40. The van der Waals surface area contributed by atoms with Crippen LogP contribution in [0, 0.1) is 0 Å². The predicted molar refractivity (Wildman–Crippen MR) is 103 cm³/mol. The Kier molecular flexibility index (Phi) is 5.33. The lowest BCUT2D eigenvalue weighted by molar-refractivity contribution is -0.0503. The molecule has 6 nitrogen and oxygen atoms in total. The Morgan fingerprint density at radius 2 is 1.52 bits per heavy atom. The van der Waals surface area contributed by atoms with Crippen LogP contribution in [0.2, 0.25) is 0 Å². The second-order valence-corrected chi connectivity index (χ2v) is 6.97. The zero-order valence-corrected chi connectivity index (χ0v) is 15.8. The molecule has 0 saturated carbocycles. The summed E-state index contributed by atoms with van der Waals surface area (Å²) in [4.78, 5) is 30.8. The SMILES string of the molecule is O=C(c1ccccc1OC(F)F)N1CCN(C(=O)N2CCc3ccccc32)CC1. The molecule has 0 aliphatic carbocycles. The molecule has 2 aromatic carbocycles. The first-order valence-corrected chi connectivity index (χ1v) is 9.52. The van der Waals surface area contributed by atoms with Gasteiger partial charge in [-0.05, 0) is 30.2 Å². The standard InChI is InChI=1S/C21H21F2N3O3/c22-20(23)29-18-8-4-2-6-16(18)19(27)24-11-13-25(14-12-24)21(28)26-10-9-15-5-1-3-7-17(15)26/h1-8,20H,9-14H2. The third-order valence-electron chi connectivity index (χ3n) is 5.29. The van der Waals surface area contributed by atoms with Crippen molar-refractivity contribution >= 4 is 17.6 Å². The Hall–Kier alpha value is -3.16. The number of nitrogens with zero attached hydrogens (tertiary/aromatic N) is 3. The van der Waals surface area contributed by atoms with Crippen molar-refractivity contribution in [1.29, 1.82) is 0 Å². The van der Waals surface area contributed by atoms with Gasteiger partial charge in [0.25, 0.3) is 5.91 Å². The normalized spacial score (nSPS) is 16.2. The third kappa shape index (κ3) is 3.87. The minimum absolute atomic E-state index is 0.0662. The van der Waals surface area contributed by atoms with Gasteiger partial charge in [0.1, 0.15) is 5.75 Å². The van der Waals surface area contributed by atoms with Gasteiger partial charge >= 0.3 is 12.6 Å². The summed E-state index contributed by atoms with van der Waals surface area (Å²) in [6.45, 7) is -0.897. The number of anilines is 1. The van der Waals surface area contributed by atoms with E-state index < -0.39 is 6.61 Å². The second kappa shape index (κ2) is 8.06. The number of halogens is 2. The van der Waals surface area contributed by atoms with Gasteiger partial charge in [-0.1, -0.05) is 30.3 Å². The summed E-state index contributed by atoms with van der Waals surface area (Å²) in [6, 6.07) is 13.8. The van der Waals surface area contributed by atoms with E-state index in [1.807, 2.05) is 24.3 Å². The molecule has 152 valence electrons. The molecule has 2 aliphatic rings. The van der Waals surface area contributed by atoms with Gasteiger partial charge in [0.05, 0.1) is 5.56 Å². The van der Waals surface area contributed by atoms with Crippen LogP contribution in [-0.4, -0.2) is 61.1 Å². The lowest BCUT2D eigenvalue weighted by Gasteiger charge is -2.37. The predicted octanol–water partition coefficient (Wildman–Crippen LogP) is 3.23. The number of para-hydroxylation sites is 2. The largest absolute Gasteiger partial charge is 0.434 e. The Labute approximate surface area is 167 Å². The topological polar surface area (TPSA) is 53.1 Å². The zero-order valence-electron chi connectivity index (χ0n) is 15.8. The smallest absolute Gasteiger partial charge is 0.387 e. The molecule has 1 saturated heterocycles. The van der Waals surface area contributed by atoms with Crippen LogP contribution >= 0.6 is 0 Å². The van der Waals surface area contributed by atoms with E-state index in [9.17, 15) is 18.4 Å². The van der Waals surface area contributed by atoms with E-state index in [-0.39, 0.29) is 23.3 Å². The van der Waals surface area contributed by atoms with Crippen molar-refractivity contribution < 1.29 is 23.1 Å². The van der Waals surface area contributed by atoms with Crippen LogP contribution in [0.3, 0.4) is 0 Å². The van der Waals surface area contributed by atoms with Gasteiger partial charge in [-0.3, -0.25) is 9.69 Å². The number of carbonyl (C=O) groups is 2. The molecule has 4 rings (SSSR count). The summed E-state index contributed by atoms with van der Waals surface area (Å²) in [7, 11) is 0. The van der Waals surface area contributed by atoms with Crippen molar-refractivity contribution in [2.24, 2.45) is 0 Å². The molecule has 0 aromatic heterocycles. The van der Waals surface area contributed by atoms with Gasteiger partial charge < -0.3 is 14.5 Å². The van der Waals surface area contributed by atoms with Crippen LogP contribution in [0.5, 0.6) is 5.75 Å².